The molecular weight excluding hydrogens is 193 g/mol. The first-order valence-corrected chi connectivity index (χ1v) is 5.34. The summed E-state index contributed by atoms with van der Waals surface area (Å²) in [5.74, 6) is -0.201. The Labute approximate surface area is 90.3 Å². The van der Waals surface area contributed by atoms with Gasteiger partial charge >= 0.3 is 0 Å². The van der Waals surface area contributed by atoms with E-state index in [0.29, 0.717) is 13.1 Å². The third-order valence-electron chi connectivity index (χ3n) is 2.25. The van der Waals surface area contributed by atoms with Crippen LogP contribution in [0, 0.1) is 5.82 Å². The van der Waals surface area contributed by atoms with E-state index < -0.39 is 0 Å². The Hall–Kier alpha value is -0.930. The van der Waals surface area contributed by atoms with Crippen molar-refractivity contribution in [3.8, 4) is 0 Å². The average Bonchev–Trinajstić information content (AvgIpc) is 2.18. The minimum Gasteiger partial charge on any atom is -0.395 e. The molecule has 0 amide bonds. The van der Waals surface area contributed by atoms with E-state index in [-0.39, 0.29) is 12.4 Å². The minimum atomic E-state index is -0.201. The molecule has 0 atom stereocenters. The molecule has 1 rings (SSSR count). The van der Waals surface area contributed by atoms with Gasteiger partial charge in [-0.2, -0.15) is 0 Å². The lowest BCUT2D eigenvalue weighted by atomic mass is 10.2. The molecule has 0 heterocycles. The highest BCUT2D eigenvalue weighted by Gasteiger charge is 2.04. The van der Waals surface area contributed by atoms with Crippen molar-refractivity contribution in [1.82, 2.24) is 4.90 Å². The third kappa shape index (κ3) is 4.40. The molecule has 0 aromatic heterocycles. The van der Waals surface area contributed by atoms with Gasteiger partial charge < -0.3 is 5.11 Å². The van der Waals surface area contributed by atoms with Crippen LogP contribution in [-0.4, -0.2) is 29.7 Å². The Morgan fingerprint density at radius 3 is 2.73 bits per heavy atom. The molecule has 0 fully saturated rings. The van der Waals surface area contributed by atoms with E-state index in [4.69, 9.17) is 5.11 Å². The zero-order valence-electron chi connectivity index (χ0n) is 9.12. The van der Waals surface area contributed by atoms with Gasteiger partial charge in [-0.25, -0.2) is 4.39 Å². The third-order valence-corrected chi connectivity index (χ3v) is 2.25. The second kappa shape index (κ2) is 6.53. The van der Waals surface area contributed by atoms with E-state index in [0.717, 1.165) is 18.5 Å². The molecule has 2 nitrogen and oxygen atoms in total. The molecule has 0 saturated heterocycles. The molecule has 3 heteroatoms. The van der Waals surface area contributed by atoms with Gasteiger partial charge in [0.2, 0.25) is 0 Å². The second-order valence-electron chi connectivity index (χ2n) is 3.63. The normalized spacial score (nSPS) is 10.9. The van der Waals surface area contributed by atoms with E-state index in [9.17, 15) is 4.39 Å². The van der Waals surface area contributed by atoms with E-state index in [1.165, 1.54) is 6.07 Å². The summed E-state index contributed by atoms with van der Waals surface area (Å²) in [5.41, 5.74) is 0.955. The molecule has 0 radical (unpaired) electrons. The van der Waals surface area contributed by atoms with Crippen LogP contribution < -0.4 is 0 Å². The number of hydrogen-bond acceptors (Lipinski definition) is 2. The fourth-order valence-corrected chi connectivity index (χ4v) is 1.62. The maximum atomic E-state index is 12.9. The van der Waals surface area contributed by atoms with Gasteiger partial charge in [-0.1, -0.05) is 19.1 Å². The monoisotopic (exact) mass is 211 g/mol. The van der Waals surface area contributed by atoms with Crippen molar-refractivity contribution in [2.75, 3.05) is 19.7 Å². The molecule has 0 aliphatic carbocycles. The Kier molecular flexibility index (Phi) is 5.29. The standard InChI is InChI=1S/C12H18FNO/c1-2-6-14(7-8-15)10-11-4-3-5-12(13)9-11/h3-5,9,15H,2,6-8,10H2,1H3. The van der Waals surface area contributed by atoms with E-state index in [1.54, 1.807) is 12.1 Å². The Bertz CT molecular complexity index is 285. The van der Waals surface area contributed by atoms with Gasteiger partial charge in [0.25, 0.3) is 0 Å². The topological polar surface area (TPSA) is 23.5 Å². The molecule has 0 saturated carbocycles. The Morgan fingerprint density at radius 2 is 2.13 bits per heavy atom. The maximum absolute atomic E-state index is 12.9. The van der Waals surface area contributed by atoms with Crippen molar-refractivity contribution >= 4 is 0 Å². The van der Waals surface area contributed by atoms with Crippen LogP contribution in [0.15, 0.2) is 24.3 Å². The van der Waals surface area contributed by atoms with Crippen LogP contribution in [-0.2, 0) is 6.54 Å². The van der Waals surface area contributed by atoms with Crippen LogP contribution in [0.5, 0.6) is 0 Å². The summed E-state index contributed by atoms with van der Waals surface area (Å²) in [4.78, 5) is 2.12. The largest absolute Gasteiger partial charge is 0.395 e. The van der Waals surface area contributed by atoms with Crippen LogP contribution in [0.1, 0.15) is 18.9 Å². The quantitative estimate of drug-likeness (QED) is 0.778. The number of rotatable bonds is 6. The predicted octanol–water partition coefficient (Wildman–Crippen LogP) is 2.03. The number of aliphatic hydroxyl groups is 1. The van der Waals surface area contributed by atoms with Crippen molar-refractivity contribution < 1.29 is 9.50 Å². The van der Waals surface area contributed by atoms with E-state index >= 15 is 0 Å². The summed E-state index contributed by atoms with van der Waals surface area (Å²) in [6.07, 6.45) is 1.04. The molecule has 84 valence electrons. The zero-order chi connectivity index (χ0) is 11.1. The highest BCUT2D eigenvalue weighted by molar-refractivity contribution is 5.16. The first kappa shape index (κ1) is 12.1. The highest BCUT2D eigenvalue weighted by atomic mass is 19.1. The van der Waals surface area contributed by atoms with Crippen molar-refractivity contribution in [2.24, 2.45) is 0 Å². The molecule has 1 aromatic rings. The predicted molar refractivity (Wildman–Crippen MR) is 59.1 cm³/mol. The van der Waals surface area contributed by atoms with Gasteiger partial charge in [0.05, 0.1) is 6.61 Å². The summed E-state index contributed by atoms with van der Waals surface area (Å²) >= 11 is 0. The molecule has 15 heavy (non-hydrogen) atoms. The van der Waals surface area contributed by atoms with Gasteiger partial charge in [0.1, 0.15) is 5.82 Å². The number of hydrogen-bond donors (Lipinski definition) is 1. The summed E-state index contributed by atoms with van der Waals surface area (Å²) in [7, 11) is 0. The first-order valence-electron chi connectivity index (χ1n) is 5.34. The Balaban J connectivity index is 2.56. The second-order valence-corrected chi connectivity index (χ2v) is 3.63. The summed E-state index contributed by atoms with van der Waals surface area (Å²) in [6.45, 7) is 4.51. The van der Waals surface area contributed by atoms with Crippen LogP contribution >= 0.6 is 0 Å². The lowest BCUT2D eigenvalue weighted by Gasteiger charge is -2.20. The molecule has 0 bridgehead atoms. The van der Waals surface area contributed by atoms with Crippen LogP contribution in [0.25, 0.3) is 0 Å². The molecular formula is C12H18FNO. The molecule has 0 spiro atoms. The SMILES string of the molecule is CCCN(CCO)Cc1cccc(F)c1. The lowest BCUT2D eigenvalue weighted by molar-refractivity contribution is 0.190. The van der Waals surface area contributed by atoms with Crippen LogP contribution in [0.2, 0.25) is 0 Å². The van der Waals surface area contributed by atoms with E-state index in [1.807, 2.05) is 6.07 Å². The van der Waals surface area contributed by atoms with Crippen LogP contribution in [0.4, 0.5) is 4.39 Å². The minimum absolute atomic E-state index is 0.148. The number of aliphatic hydroxyl groups excluding tert-OH is 1. The summed E-state index contributed by atoms with van der Waals surface area (Å²) in [5, 5.41) is 8.88. The van der Waals surface area contributed by atoms with Gasteiger partial charge in [0.15, 0.2) is 0 Å². The van der Waals surface area contributed by atoms with Crippen molar-refractivity contribution in [3.63, 3.8) is 0 Å². The smallest absolute Gasteiger partial charge is 0.123 e. The van der Waals surface area contributed by atoms with Gasteiger partial charge in [-0.3, -0.25) is 4.90 Å². The fourth-order valence-electron chi connectivity index (χ4n) is 1.62. The molecule has 0 aliphatic heterocycles. The van der Waals surface area contributed by atoms with Crippen molar-refractivity contribution in [2.45, 2.75) is 19.9 Å². The zero-order valence-corrected chi connectivity index (χ0v) is 9.12. The maximum Gasteiger partial charge on any atom is 0.123 e. The van der Waals surface area contributed by atoms with Gasteiger partial charge in [-0.05, 0) is 30.7 Å². The highest BCUT2D eigenvalue weighted by Crippen LogP contribution is 2.07. The fraction of sp³-hybridized carbons (Fsp3) is 0.500. The number of benzene rings is 1. The Morgan fingerprint density at radius 1 is 1.33 bits per heavy atom. The van der Waals surface area contributed by atoms with Crippen molar-refractivity contribution in [3.05, 3.63) is 35.6 Å². The average molecular weight is 211 g/mol. The number of nitrogens with zero attached hydrogens (tertiary/aromatic N) is 1. The van der Waals surface area contributed by atoms with E-state index in [2.05, 4.69) is 11.8 Å². The van der Waals surface area contributed by atoms with Gasteiger partial charge in [0, 0.05) is 13.1 Å². The molecule has 1 aromatic carbocycles. The molecule has 0 unspecified atom stereocenters. The van der Waals surface area contributed by atoms with Crippen molar-refractivity contribution in [1.29, 1.82) is 0 Å². The molecule has 1 N–H and O–H groups in total. The molecule has 0 aliphatic rings. The first-order chi connectivity index (χ1) is 7.26. The summed E-state index contributed by atoms with van der Waals surface area (Å²) in [6, 6.07) is 6.61. The lowest BCUT2D eigenvalue weighted by Crippen LogP contribution is -2.27. The summed E-state index contributed by atoms with van der Waals surface area (Å²) < 4.78 is 12.9. The van der Waals surface area contributed by atoms with Crippen LogP contribution in [0.3, 0.4) is 0 Å². The van der Waals surface area contributed by atoms with Gasteiger partial charge in [-0.15, -0.1) is 0 Å². The number of halogens is 1.